The Bertz CT molecular complexity index is 736. The Hall–Kier alpha value is -1.64. The SMILES string of the molecule is CN1CCN(S(=O)(=O)c2ccccc2CN=C(N)N2CCCCC2)CC1. The Morgan fingerprint density at radius 3 is 2.38 bits per heavy atom. The van der Waals surface area contributed by atoms with Gasteiger partial charge in [-0.25, -0.2) is 13.4 Å². The van der Waals surface area contributed by atoms with Crippen molar-refractivity contribution < 1.29 is 8.42 Å². The maximum Gasteiger partial charge on any atom is 0.243 e. The molecule has 2 saturated heterocycles. The minimum Gasteiger partial charge on any atom is -0.370 e. The summed E-state index contributed by atoms with van der Waals surface area (Å²) >= 11 is 0. The molecule has 0 radical (unpaired) electrons. The molecule has 0 bridgehead atoms. The normalized spacial score (nSPS) is 21.1. The lowest BCUT2D eigenvalue weighted by Gasteiger charge is -2.32. The largest absolute Gasteiger partial charge is 0.370 e. The molecule has 0 aromatic heterocycles. The van der Waals surface area contributed by atoms with Gasteiger partial charge in [0.25, 0.3) is 0 Å². The van der Waals surface area contributed by atoms with E-state index in [0.717, 1.165) is 39.0 Å². The number of aliphatic imine (C=N–C) groups is 1. The van der Waals surface area contributed by atoms with E-state index in [-0.39, 0.29) is 6.54 Å². The molecule has 2 N–H and O–H groups in total. The van der Waals surface area contributed by atoms with Crippen LogP contribution in [0.3, 0.4) is 0 Å². The van der Waals surface area contributed by atoms with Crippen molar-refractivity contribution in [2.75, 3.05) is 46.3 Å². The molecule has 2 fully saturated rings. The Labute approximate surface area is 156 Å². The fourth-order valence-corrected chi connectivity index (χ4v) is 5.08. The molecule has 7 nitrogen and oxygen atoms in total. The summed E-state index contributed by atoms with van der Waals surface area (Å²) in [5.74, 6) is 0.511. The van der Waals surface area contributed by atoms with Crippen molar-refractivity contribution in [3.63, 3.8) is 0 Å². The van der Waals surface area contributed by atoms with Crippen LogP contribution in [-0.2, 0) is 16.6 Å². The number of rotatable bonds is 4. The zero-order valence-corrected chi connectivity index (χ0v) is 16.3. The highest BCUT2D eigenvalue weighted by Crippen LogP contribution is 2.22. The van der Waals surface area contributed by atoms with Crippen LogP contribution in [0.15, 0.2) is 34.2 Å². The number of piperazine rings is 1. The number of guanidine groups is 1. The van der Waals surface area contributed by atoms with E-state index in [4.69, 9.17) is 5.73 Å². The lowest BCUT2D eigenvalue weighted by molar-refractivity contribution is 0.222. The summed E-state index contributed by atoms with van der Waals surface area (Å²) < 4.78 is 27.7. The van der Waals surface area contributed by atoms with Gasteiger partial charge < -0.3 is 15.5 Å². The van der Waals surface area contributed by atoms with E-state index < -0.39 is 10.0 Å². The fourth-order valence-electron chi connectivity index (χ4n) is 3.44. The van der Waals surface area contributed by atoms with E-state index in [1.165, 1.54) is 6.42 Å². The van der Waals surface area contributed by atoms with Crippen LogP contribution in [0, 0.1) is 0 Å². The van der Waals surface area contributed by atoms with Crippen LogP contribution < -0.4 is 5.73 Å². The Morgan fingerprint density at radius 2 is 1.69 bits per heavy atom. The standard InChI is InChI=1S/C18H29N5O2S/c1-21-11-13-23(14-12-21)26(24,25)17-8-4-3-7-16(17)15-20-18(19)22-9-5-2-6-10-22/h3-4,7-8H,2,5-6,9-15H2,1H3,(H2,19,20). The highest BCUT2D eigenvalue weighted by molar-refractivity contribution is 7.89. The molecule has 8 heteroatoms. The van der Waals surface area contributed by atoms with E-state index in [9.17, 15) is 8.42 Å². The van der Waals surface area contributed by atoms with E-state index >= 15 is 0 Å². The summed E-state index contributed by atoms with van der Waals surface area (Å²) in [5, 5.41) is 0. The van der Waals surface area contributed by atoms with Crippen LogP contribution in [0.1, 0.15) is 24.8 Å². The molecule has 144 valence electrons. The second-order valence-corrected chi connectivity index (χ2v) is 8.94. The topological polar surface area (TPSA) is 82.2 Å². The summed E-state index contributed by atoms with van der Waals surface area (Å²) in [5.41, 5.74) is 6.82. The minimum atomic E-state index is -3.51. The molecule has 1 aromatic carbocycles. The van der Waals surface area contributed by atoms with Gasteiger partial charge in [0.1, 0.15) is 0 Å². The molecule has 0 saturated carbocycles. The number of likely N-dealkylation sites (tertiary alicyclic amines) is 1. The van der Waals surface area contributed by atoms with Gasteiger partial charge >= 0.3 is 0 Å². The first-order chi connectivity index (χ1) is 12.5. The Morgan fingerprint density at radius 1 is 1.04 bits per heavy atom. The molecule has 0 amide bonds. The predicted octanol–water partition coefficient (Wildman–Crippen LogP) is 0.923. The second-order valence-electron chi connectivity index (χ2n) is 7.04. The number of nitrogens with two attached hydrogens (primary N) is 1. The number of sulfonamides is 1. The third-order valence-corrected chi connectivity index (χ3v) is 7.14. The maximum atomic E-state index is 13.1. The first-order valence-electron chi connectivity index (χ1n) is 9.30. The summed E-state index contributed by atoms with van der Waals surface area (Å²) in [6.45, 7) is 4.68. The number of piperidine rings is 1. The number of hydrogen-bond acceptors (Lipinski definition) is 4. The molecule has 0 aliphatic carbocycles. The minimum absolute atomic E-state index is 0.283. The van der Waals surface area contributed by atoms with Gasteiger partial charge in [-0.3, -0.25) is 0 Å². The Kier molecular flexibility index (Phi) is 6.16. The highest BCUT2D eigenvalue weighted by atomic mass is 32.2. The van der Waals surface area contributed by atoms with Crippen LogP contribution in [0.25, 0.3) is 0 Å². The van der Waals surface area contributed by atoms with Crippen molar-refractivity contribution in [1.82, 2.24) is 14.1 Å². The van der Waals surface area contributed by atoms with Crippen LogP contribution in [0.5, 0.6) is 0 Å². The van der Waals surface area contributed by atoms with Crippen molar-refractivity contribution in [2.45, 2.75) is 30.7 Å². The van der Waals surface area contributed by atoms with Crippen LogP contribution in [0.2, 0.25) is 0 Å². The lowest BCUT2D eigenvalue weighted by atomic mass is 10.1. The lowest BCUT2D eigenvalue weighted by Crippen LogP contribution is -2.47. The molecule has 0 spiro atoms. The van der Waals surface area contributed by atoms with Gasteiger partial charge in [0, 0.05) is 39.3 Å². The van der Waals surface area contributed by atoms with E-state index in [2.05, 4.69) is 14.8 Å². The van der Waals surface area contributed by atoms with Crippen LogP contribution in [-0.4, -0.2) is 74.8 Å². The molecular formula is C18H29N5O2S. The molecule has 2 heterocycles. The maximum absolute atomic E-state index is 13.1. The molecule has 0 unspecified atom stereocenters. The van der Waals surface area contributed by atoms with Gasteiger partial charge in [-0.1, -0.05) is 18.2 Å². The van der Waals surface area contributed by atoms with Gasteiger partial charge in [-0.2, -0.15) is 4.31 Å². The number of nitrogens with zero attached hydrogens (tertiary/aromatic N) is 4. The van der Waals surface area contributed by atoms with E-state index in [0.29, 0.717) is 29.5 Å². The van der Waals surface area contributed by atoms with Gasteiger partial charge in [-0.05, 0) is 37.9 Å². The average Bonchev–Trinajstić information content (AvgIpc) is 2.67. The van der Waals surface area contributed by atoms with Crippen molar-refractivity contribution >= 4 is 16.0 Å². The van der Waals surface area contributed by atoms with Gasteiger partial charge in [-0.15, -0.1) is 0 Å². The molecule has 2 aliphatic rings. The molecule has 2 aliphatic heterocycles. The summed E-state index contributed by atoms with van der Waals surface area (Å²) in [6.07, 6.45) is 3.49. The van der Waals surface area contributed by atoms with Crippen LogP contribution >= 0.6 is 0 Å². The third-order valence-electron chi connectivity index (χ3n) is 5.14. The third kappa shape index (κ3) is 4.36. The number of benzene rings is 1. The fraction of sp³-hybridized carbons (Fsp3) is 0.611. The first kappa shape index (κ1) is 19.1. The van der Waals surface area contributed by atoms with Crippen molar-refractivity contribution in [2.24, 2.45) is 10.7 Å². The Balaban J connectivity index is 1.77. The average molecular weight is 380 g/mol. The van der Waals surface area contributed by atoms with Crippen molar-refractivity contribution in [1.29, 1.82) is 0 Å². The quantitative estimate of drug-likeness (QED) is 0.621. The van der Waals surface area contributed by atoms with Crippen LogP contribution in [0.4, 0.5) is 0 Å². The number of likely N-dealkylation sites (N-methyl/N-ethyl adjacent to an activating group) is 1. The van der Waals surface area contributed by atoms with Gasteiger partial charge in [0.15, 0.2) is 5.96 Å². The van der Waals surface area contributed by atoms with E-state index in [1.54, 1.807) is 16.4 Å². The molecule has 1 aromatic rings. The molecule has 3 rings (SSSR count). The summed E-state index contributed by atoms with van der Waals surface area (Å²) in [7, 11) is -1.50. The zero-order valence-electron chi connectivity index (χ0n) is 15.5. The van der Waals surface area contributed by atoms with E-state index in [1.807, 2.05) is 19.2 Å². The highest BCUT2D eigenvalue weighted by Gasteiger charge is 2.29. The summed E-state index contributed by atoms with van der Waals surface area (Å²) in [4.78, 5) is 9.05. The predicted molar refractivity (Wildman–Crippen MR) is 103 cm³/mol. The van der Waals surface area contributed by atoms with Crippen molar-refractivity contribution in [3.05, 3.63) is 29.8 Å². The van der Waals surface area contributed by atoms with Gasteiger partial charge in [0.2, 0.25) is 10.0 Å². The number of hydrogen-bond donors (Lipinski definition) is 1. The van der Waals surface area contributed by atoms with Gasteiger partial charge in [0.05, 0.1) is 11.4 Å². The molecule has 26 heavy (non-hydrogen) atoms. The zero-order chi connectivity index (χ0) is 18.6. The molecular weight excluding hydrogens is 350 g/mol. The second kappa shape index (κ2) is 8.37. The molecule has 0 atom stereocenters. The summed E-state index contributed by atoms with van der Waals surface area (Å²) in [6, 6.07) is 7.13. The smallest absolute Gasteiger partial charge is 0.243 e. The monoisotopic (exact) mass is 379 g/mol. The van der Waals surface area contributed by atoms with Crippen molar-refractivity contribution in [3.8, 4) is 0 Å². The first-order valence-corrected chi connectivity index (χ1v) is 10.7.